The second-order valence-electron chi connectivity index (χ2n) is 6.12. The first-order valence-corrected chi connectivity index (χ1v) is 7.87. The van der Waals surface area contributed by atoms with Crippen LogP contribution in [0.5, 0.6) is 0 Å². The van der Waals surface area contributed by atoms with Crippen LogP contribution >= 0.6 is 0 Å². The molecule has 1 saturated heterocycles. The van der Waals surface area contributed by atoms with Crippen LogP contribution in [-0.2, 0) is 0 Å². The van der Waals surface area contributed by atoms with Crippen LogP contribution in [0.15, 0.2) is 24.3 Å². The molecule has 1 heterocycles. The number of hydrogen-bond acceptors (Lipinski definition) is 2. The molecule has 1 aliphatic rings. The Bertz CT molecular complexity index is 394. The number of nitrogens with zero attached hydrogens (tertiary/aromatic N) is 1. The maximum absolute atomic E-state index is 13.1. The average Bonchev–Trinajstić information content (AvgIpc) is 2.43. The molecule has 112 valence electrons. The third kappa shape index (κ3) is 3.80. The molecular weight excluding hydrogens is 251 g/mol. The van der Waals surface area contributed by atoms with Crippen LogP contribution < -0.4 is 5.73 Å². The largest absolute Gasteiger partial charge is 0.326 e. The Labute approximate surface area is 122 Å². The highest BCUT2D eigenvalue weighted by Gasteiger charge is 2.28. The van der Waals surface area contributed by atoms with E-state index in [1.165, 1.54) is 37.8 Å². The zero-order chi connectivity index (χ0) is 14.5. The van der Waals surface area contributed by atoms with Crippen molar-refractivity contribution in [2.45, 2.75) is 51.6 Å². The molecule has 2 nitrogen and oxygen atoms in total. The Morgan fingerprint density at radius 2 is 1.85 bits per heavy atom. The summed E-state index contributed by atoms with van der Waals surface area (Å²) in [4.78, 5) is 2.48. The second kappa shape index (κ2) is 7.19. The van der Waals surface area contributed by atoms with Gasteiger partial charge >= 0.3 is 0 Å². The number of halogens is 1. The number of nitrogens with two attached hydrogens (primary N) is 1. The standard InChI is InChI=1S/C17H27FN2/c1-3-4-14-9-11-20(12-10-14)17(13(2)19)15-5-7-16(18)8-6-15/h5-8,13-14,17H,3-4,9-12,19H2,1-2H3. The summed E-state index contributed by atoms with van der Waals surface area (Å²) in [6.45, 7) is 6.52. The van der Waals surface area contributed by atoms with Gasteiger partial charge in [-0.05, 0) is 56.5 Å². The van der Waals surface area contributed by atoms with Crippen LogP contribution in [0.3, 0.4) is 0 Å². The van der Waals surface area contributed by atoms with E-state index < -0.39 is 0 Å². The van der Waals surface area contributed by atoms with E-state index in [4.69, 9.17) is 5.73 Å². The maximum atomic E-state index is 13.1. The van der Waals surface area contributed by atoms with Crippen molar-refractivity contribution in [3.05, 3.63) is 35.6 Å². The van der Waals surface area contributed by atoms with Crippen molar-refractivity contribution in [1.29, 1.82) is 0 Å². The van der Waals surface area contributed by atoms with Gasteiger partial charge in [-0.25, -0.2) is 4.39 Å². The van der Waals surface area contributed by atoms with E-state index >= 15 is 0 Å². The molecule has 0 saturated carbocycles. The molecule has 2 atom stereocenters. The topological polar surface area (TPSA) is 29.3 Å². The monoisotopic (exact) mass is 278 g/mol. The van der Waals surface area contributed by atoms with E-state index in [2.05, 4.69) is 11.8 Å². The minimum atomic E-state index is -0.182. The highest BCUT2D eigenvalue weighted by atomic mass is 19.1. The molecule has 0 spiro atoms. The van der Waals surface area contributed by atoms with Gasteiger partial charge in [0.1, 0.15) is 5.82 Å². The van der Waals surface area contributed by atoms with E-state index in [0.717, 1.165) is 24.6 Å². The molecule has 20 heavy (non-hydrogen) atoms. The second-order valence-corrected chi connectivity index (χ2v) is 6.12. The molecule has 1 fully saturated rings. The molecule has 0 bridgehead atoms. The van der Waals surface area contributed by atoms with Crippen molar-refractivity contribution in [2.24, 2.45) is 11.7 Å². The lowest BCUT2D eigenvalue weighted by Crippen LogP contribution is -2.43. The zero-order valence-corrected chi connectivity index (χ0v) is 12.7. The first-order valence-electron chi connectivity index (χ1n) is 7.87. The summed E-state index contributed by atoms with van der Waals surface area (Å²) in [5.74, 6) is 0.692. The van der Waals surface area contributed by atoms with Crippen molar-refractivity contribution >= 4 is 0 Å². The van der Waals surface area contributed by atoms with Crippen molar-refractivity contribution in [1.82, 2.24) is 4.90 Å². The molecule has 2 unspecified atom stereocenters. The summed E-state index contributed by atoms with van der Waals surface area (Å²) in [5.41, 5.74) is 7.33. The minimum absolute atomic E-state index is 0.0585. The Kier molecular flexibility index (Phi) is 5.55. The van der Waals surface area contributed by atoms with E-state index in [1.807, 2.05) is 19.1 Å². The highest BCUT2D eigenvalue weighted by Crippen LogP contribution is 2.30. The molecule has 2 rings (SSSR count). The maximum Gasteiger partial charge on any atom is 0.123 e. The predicted octanol–water partition coefficient (Wildman–Crippen LogP) is 3.73. The van der Waals surface area contributed by atoms with Crippen molar-refractivity contribution < 1.29 is 4.39 Å². The lowest BCUT2D eigenvalue weighted by molar-refractivity contribution is 0.115. The molecule has 1 aliphatic heterocycles. The fourth-order valence-electron chi connectivity index (χ4n) is 3.43. The zero-order valence-electron chi connectivity index (χ0n) is 12.7. The summed E-state index contributed by atoms with van der Waals surface area (Å²) in [6, 6.07) is 7.09. The predicted molar refractivity (Wildman–Crippen MR) is 82.0 cm³/mol. The summed E-state index contributed by atoms with van der Waals surface area (Å²) in [6.07, 6.45) is 5.14. The molecule has 1 aromatic rings. The van der Waals surface area contributed by atoms with E-state index in [-0.39, 0.29) is 17.9 Å². The van der Waals surface area contributed by atoms with Crippen molar-refractivity contribution in [3.8, 4) is 0 Å². The number of benzene rings is 1. The lowest BCUT2D eigenvalue weighted by atomic mass is 9.89. The van der Waals surface area contributed by atoms with Gasteiger partial charge in [0.2, 0.25) is 0 Å². The Balaban J connectivity index is 2.05. The molecule has 0 radical (unpaired) electrons. The fraction of sp³-hybridized carbons (Fsp3) is 0.647. The molecule has 2 N–H and O–H groups in total. The quantitative estimate of drug-likeness (QED) is 0.889. The van der Waals surface area contributed by atoms with E-state index in [0.29, 0.717) is 0 Å². The Hall–Kier alpha value is -0.930. The lowest BCUT2D eigenvalue weighted by Gasteiger charge is -2.39. The summed E-state index contributed by atoms with van der Waals surface area (Å²) in [7, 11) is 0. The third-order valence-corrected chi connectivity index (χ3v) is 4.45. The number of hydrogen-bond donors (Lipinski definition) is 1. The van der Waals surface area contributed by atoms with Gasteiger partial charge in [0, 0.05) is 12.1 Å². The Morgan fingerprint density at radius 3 is 2.35 bits per heavy atom. The van der Waals surface area contributed by atoms with E-state index in [1.54, 1.807) is 0 Å². The van der Waals surface area contributed by atoms with Crippen LogP contribution in [0.4, 0.5) is 4.39 Å². The van der Waals surface area contributed by atoms with Gasteiger partial charge in [0.05, 0.1) is 0 Å². The smallest absolute Gasteiger partial charge is 0.123 e. The van der Waals surface area contributed by atoms with Gasteiger partial charge in [-0.2, -0.15) is 0 Å². The summed E-state index contributed by atoms with van der Waals surface area (Å²) in [5, 5.41) is 0. The van der Waals surface area contributed by atoms with Crippen molar-refractivity contribution in [3.63, 3.8) is 0 Å². The molecule has 1 aromatic carbocycles. The van der Waals surface area contributed by atoms with Gasteiger partial charge in [0.15, 0.2) is 0 Å². The van der Waals surface area contributed by atoms with Gasteiger partial charge in [-0.3, -0.25) is 4.90 Å². The SMILES string of the molecule is CCCC1CCN(C(c2ccc(F)cc2)C(C)N)CC1. The van der Waals surface area contributed by atoms with Crippen LogP contribution in [0.2, 0.25) is 0 Å². The molecule has 3 heteroatoms. The van der Waals surface area contributed by atoms with Crippen LogP contribution in [0.1, 0.15) is 51.1 Å². The van der Waals surface area contributed by atoms with Gasteiger partial charge in [-0.15, -0.1) is 0 Å². The number of likely N-dealkylation sites (tertiary alicyclic amines) is 1. The van der Waals surface area contributed by atoms with Gasteiger partial charge in [-0.1, -0.05) is 31.9 Å². The number of rotatable bonds is 5. The normalized spacial score (nSPS) is 20.8. The van der Waals surface area contributed by atoms with Gasteiger partial charge in [0.25, 0.3) is 0 Å². The van der Waals surface area contributed by atoms with Crippen LogP contribution in [0, 0.1) is 11.7 Å². The number of piperidine rings is 1. The average molecular weight is 278 g/mol. The summed E-state index contributed by atoms with van der Waals surface area (Å²) < 4.78 is 13.1. The Morgan fingerprint density at radius 1 is 1.25 bits per heavy atom. The minimum Gasteiger partial charge on any atom is -0.326 e. The summed E-state index contributed by atoms with van der Waals surface area (Å²) >= 11 is 0. The van der Waals surface area contributed by atoms with Crippen molar-refractivity contribution in [2.75, 3.05) is 13.1 Å². The van der Waals surface area contributed by atoms with Crippen LogP contribution in [0.25, 0.3) is 0 Å². The van der Waals surface area contributed by atoms with Crippen LogP contribution in [-0.4, -0.2) is 24.0 Å². The fourth-order valence-corrected chi connectivity index (χ4v) is 3.43. The molecule has 0 aliphatic carbocycles. The molecule has 0 aromatic heterocycles. The van der Waals surface area contributed by atoms with E-state index in [9.17, 15) is 4.39 Å². The molecule has 0 amide bonds. The highest BCUT2D eigenvalue weighted by molar-refractivity contribution is 5.21. The first-order chi connectivity index (χ1) is 9.61. The van der Waals surface area contributed by atoms with Gasteiger partial charge < -0.3 is 5.73 Å². The first kappa shape index (κ1) is 15.5. The third-order valence-electron chi connectivity index (χ3n) is 4.45. The molecular formula is C17H27FN2.